The number of nitrogens with one attached hydrogen (secondary N) is 1. The van der Waals surface area contributed by atoms with E-state index < -0.39 is 53.8 Å². The van der Waals surface area contributed by atoms with Gasteiger partial charge in [0.15, 0.2) is 16.0 Å². The van der Waals surface area contributed by atoms with Crippen molar-refractivity contribution >= 4 is 68.9 Å². The zero-order chi connectivity index (χ0) is 33.1. The normalized spacial score (nSPS) is 18.1. The molecule has 0 spiro atoms. The number of nitrogens with two attached hydrogens (primary N) is 1. The van der Waals surface area contributed by atoms with Crippen LogP contribution in [0.3, 0.4) is 0 Å². The summed E-state index contributed by atoms with van der Waals surface area (Å²) in [6.45, 7) is 4.50. The Labute approximate surface area is 267 Å². The van der Waals surface area contributed by atoms with Crippen molar-refractivity contribution < 1.29 is 43.3 Å². The fourth-order valence-corrected chi connectivity index (χ4v) is 6.48. The van der Waals surface area contributed by atoms with Crippen LogP contribution in [0.4, 0.5) is 9.93 Å². The average molecular weight is 685 g/mol. The van der Waals surface area contributed by atoms with Crippen LogP contribution < -0.4 is 21.3 Å². The highest BCUT2D eigenvalue weighted by atomic mass is 32.2. The topological polar surface area (TPSA) is 240 Å². The van der Waals surface area contributed by atoms with Gasteiger partial charge in [-0.1, -0.05) is 16.9 Å². The Hall–Kier alpha value is -4.37. The maximum Gasteiger partial charge on any atom is 0.512 e. The first-order valence-electron chi connectivity index (χ1n) is 12.8. The minimum atomic E-state index is -1.61. The number of fused-ring (bicyclic) bond motifs is 1. The number of carbonyl (C=O) groups excluding carboxylic acids is 3. The lowest BCUT2D eigenvalue weighted by atomic mass is 9.97. The van der Waals surface area contributed by atoms with E-state index >= 15 is 0 Å². The highest BCUT2D eigenvalue weighted by Crippen LogP contribution is 2.41. The van der Waals surface area contributed by atoms with Crippen molar-refractivity contribution in [3.05, 3.63) is 32.2 Å². The zero-order valence-corrected chi connectivity index (χ0v) is 26.9. The maximum atomic E-state index is 13.2. The summed E-state index contributed by atoms with van der Waals surface area (Å²) in [7, 11) is 2.75. The van der Waals surface area contributed by atoms with Gasteiger partial charge >= 0.3 is 23.6 Å². The second-order valence-corrected chi connectivity index (χ2v) is 13.2. The first-order chi connectivity index (χ1) is 21.2. The molecule has 1 fully saturated rings. The van der Waals surface area contributed by atoms with Crippen LogP contribution in [0.2, 0.25) is 0 Å². The smallest absolute Gasteiger partial charge is 0.449 e. The van der Waals surface area contributed by atoms with Crippen molar-refractivity contribution in [1.29, 1.82) is 0 Å². The van der Waals surface area contributed by atoms with E-state index in [9.17, 15) is 29.1 Å². The van der Waals surface area contributed by atoms with Crippen molar-refractivity contribution in [3.8, 4) is 5.88 Å². The van der Waals surface area contributed by atoms with E-state index in [1.54, 1.807) is 20.8 Å². The number of carboxylic acid groups (broad SMARTS) is 1. The van der Waals surface area contributed by atoms with Gasteiger partial charge in [0, 0.05) is 24.7 Å². The summed E-state index contributed by atoms with van der Waals surface area (Å²) >= 11 is 2.84. The predicted molar refractivity (Wildman–Crippen MR) is 160 cm³/mol. The molecule has 2 aliphatic rings. The number of thiazole rings is 1. The molecule has 45 heavy (non-hydrogen) atoms. The summed E-state index contributed by atoms with van der Waals surface area (Å²) in [6.07, 6.45) is -1.61. The molecule has 0 saturated carbocycles. The summed E-state index contributed by atoms with van der Waals surface area (Å²) in [5.41, 5.74) is 4.11. The number of rotatable bonds is 11. The van der Waals surface area contributed by atoms with Crippen LogP contribution in [0.1, 0.15) is 26.5 Å². The Balaban J connectivity index is 1.44. The number of anilines is 1. The molecule has 2 aromatic rings. The van der Waals surface area contributed by atoms with Crippen molar-refractivity contribution in [2.24, 2.45) is 17.6 Å². The predicted octanol–water partition coefficient (Wildman–Crippen LogP) is 0.589. The third kappa shape index (κ3) is 7.84. The van der Waals surface area contributed by atoms with E-state index in [2.05, 4.69) is 25.5 Å². The average Bonchev–Trinajstić information content (AvgIpc) is 3.37. The fourth-order valence-electron chi connectivity index (χ4n) is 3.86. The summed E-state index contributed by atoms with van der Waals surface area (Å²) < 4.78 is 16.4. The first-order valence-corrected chi connectivity index (χ1v) is 15.5. The number of nitrogen functional groups attached to an aromatic ring is 1. The van der Waals surface area contributed by atoms with Crippen LogP contribution in [-0.2, 0) is 35.7 Å². The number of nitrogens with zero attached hydrogens (tertiary/aromatic N) is 6. The quantitative estimate of drug-likeness (QED) is 0.0964. The molecule has 21 heteroatoms. The molecule has 2 aromatic heterocycles. The van der Waals surface area contributed by atoms with E-state index in [0.717, 1.165) is 34.9 Å². The number of aromatic nitrogens is 4. The number of esters is 1. The van der Waals surface area contributed by atoms with Crippen LogP contribution in [0.15, 0.2) is 31.3 Å². The molecule has 0 bridgehead atoms. The van der Waals surface area contributed by atoms with Gasteiger partial charge in [-0.25, -0.2) is 14.5 Å². The molecule has 242 valence electrons. The molecule has 0 radical (unpaired) electrons. The number of oxime groups is 1. The Morgan fingerprint density at radius 3 is 2.62 bits per heavy atom. The number of carbonyl (C=O) groups is 4. The molecule has 1 saturated heterocycles. The third-order valence-electron chi connectivity index (χ3n) is 5.97. The Kier molecular flexibility index (Phi) is 10.2. The molecular formula is C24H28N8O10S3. The highest BCUT2D eigenvalue weighted by molar-refractivity contribution is 8.18. The summed E-state index contributed by atoms with van der Waals surface area (Å²) in [4.78, 5) is 76.4. The minimum Gasteiger partial charge on any atom is -0.449 e. The van der Waals surface area contributed by atoms with E-state index in [4.69, 9.17) is 24.8 Å². The van der Waals surface area contributed by atoms with Gasteiger partial charge in [-0.2, -0.15) is 4.98 Å². The van der Waals surface area contributed by atoms with Gasteiger partial charge < -0.3 is 40.1 Å². The first kappa shape index (κ1) is 33.5. The van der Waals surface area contributed by atoms with Gasteiger partial charge in [-0.15, -0.1) is 16.4 Å². The molecule has 4 rings (SSSR count). The SMILES string of the molecule is CO/N=C(\C(=O)N[C@@H]1CN2C(OC(=O)O)=C(CSc3nc(=O)c(OCOC(=O)C(C)(C)C)nn3C)SC(=O)[C@@H]12)c1csc(N)n1. The Morgan fingerprint density at radius 1 is 1.27 bits per heavy atom. The van der Waals surface area contributed by atoms with Crippen molar-refractivity contribution in [2.45, 2.75) is 38.0 Å². The fraction of sp³-hybridized carbons (Fsp3) is 0.458. The van der Waals surface area contributed by atoms with Crippen molar-refractivity contribution in [3.63, 3.8) is 0 Å². The van der Waals surface area contributed by atoms with E-state index in [-0.39, 0.29) is 49.9 Å². The van der Waals surface area contributed by atoms with Crippen LogP contribution >= 0.6 is 34.9 Å². The third-order valence-corrected chi connectivity index (χ3v) is 8.88. The summed E-state index contributed by atoms with van der Waals surface area (Å²) in [5.74, 6) is -1.70. The number of thioether (sulfide) groups is 2. The molecule has 4 heterocycles. The second kappa shape index (κ2) is 13.7. The van der Waals surface area contributed by atoms with Gasteiger partial charge in [0.05, 0.1) is 16.4 Å². The molecule has 1 amide bonds. The van der Waals surface area contributed by atoms with Crippen LogP contribution in [-0.4, -0.2) is 96.9 Å². The number of aryl methyl sites for hydroxylation is 1. The van der Waals surface area contributed by atoms with Gasteiger partial charge in [-0.3, -0.25) is 19.2 Å². The molecule has 4 N–H and O–H groups in total. The summed E-state index contributed by atoms with van der Waals surface area (Å²) in [5, 5.41) is 21.3. The molecular weight excluding hydrogens is 657 g/mol. The lowest BCUT2D eigenvalue weighted by Crippen LogP contribution is -2.70. The molecule has 0 aromatic carbocycles. The van der Waals surface area contributed by atoms with Gasteiger partial charge in [0.1, 0.15) is 18.8 Å². The summed E-state index contributed by atoms with van der Waals surface area (Å²) in [6, 6.07) is -1.64. The van der Waals surface area contributed by atoms with Gasteiger partial charge in [0.25, 0.3) is 5.91 Å². The van der Waals surface area contributed by atoms with Crippen LogP contribution in [0, 0.1) is 5.41 Å². The van der Waals surface area contributed by atoms with Crippen molar-refractivity contribution in [2.75, 3.05) is 31.9 Å². The molecule has 0 unspecified atom stereocenters. The monoisotopic (exact) mass is 684 g/mol. The van der Waals surface area contributed by atoms with Gasteiger partial charge in [0.2, 0.25) is 17.8 Å². The zero-order valence-electron chi connectivity index (χ0n) is 24.5. The van der Waals surface area contributed by atoms with E-state index in [1.165, 1.54) is 29.1 Å². The van der Waals surface area contributed by atoms with Crippen LogP contribution in [0.5, 0.6) is 5.88 Å². The molecule has 0 aliphatic carbocycles. The lowest BCUT2D eigenvalue weighted by Gasteiger charge is -2.50. The molecule has 2 aliphatic heterocycles. The number of hydrogen-bond donors (Lipinski definition) is 3. The Morgan fingerprint density at radius 2 is 2.00 bits per heavy atom. The van der Waals surface area contributed by atoms with E-state index in [0.29, 0.717) is 0 Å². The number of hydrogen-bond acceptors (Lipinski definition) is 18. The Bertz CT molecular complexity index is 1630. The van der Waals surface area contributed by atoms with Crippen LogP contribution in [0.25, 0.3) is 0 Å². The standard InChI is InChI=1S/C24H28N8O10S3/c1-24(2,3)20(36)41-9-40-17-16(34)28-22(31(4)29-17)44-8-12-18(42-23(37)38)32-6-10(14(32)19(35)45-12)26-15(33)13(30-39-5)11-7-43-21(25)27-11/h7,10,14H,6,8-9H2,1-5H3,(H2,25,27)(H,26,33)(H,37,38)/b30-13-/t10-,14-/m1/s1. The maximum absolute atomic E-state index is 13.2. The number of ether oxygens (including phenoxy) is 3. The van der Waals surface area contributed by atoms with Crippen molar-refractivity contribution in [1.82, 2.24) is 30.0 Å². The highest BCUT2D eigenvalue weighted by Gasteiger charge is 2.51. The minimum absolute atomic E-state index is 0.0134. The largest absolute Gasteiger partial charge is 0.512 e. The molecule has 18 nitrogen and oxygen atoms in total. The lowest BCUT2D eigenvalue weighted by molar-refractivity contribution is -0.159. The van der Waals surface area contributed by atoms with E-state index in [1.807, 2.05) is 0 Å². The molecule has 2 atom stereocenters. The second-order valence-electron chi connectivity index (χ2n) is 10.2. The number of amides is 1. The van der Waals surface area contributed by atoms with Gasteiger partial charge in [-0.05, 0) is 32.5 Å².